The molecule has 1 aromatic carbocycles. The second kappa shape index (κ2) is 7.87. The third kappa shape index (κ3) is 3.65. The number of aromatic nitrogens is 3. The van der Waals surface area contributed by atoms with E-state index in [1.807, 2.05) is 37.5 Å². The topological polar surface area (TPSA) is 71.2 Å². The molecule has 4 heterocycles. The number of carbonyl (C=O) groups is 1. The molecule has 0 atom stereocenters. The Kier molecular flexibility index (Phi) is 4.90. The first kappa shape index (κ1) is 19.3. The van der Waals surface area contributed by atoms with Gasteiger partial charge >= 0.3 is 6.09 Å². The smallest absolute Gasteiger partial charge is 0.407 e. The molecule has 3 aromatic heterocycles. The van der Waals surface area contributed by atoms with Crippen LogP contribution in [0.1, 0.15) is 22.5 Å². The molecule has 6 nitrogen and oxygen atoms in total. The average molecular weight is 412 g/mol. The monoisotopic (exact) mass is 412 g/mol. The van der Waals surface area contributed by atoms with Crippen molar-refractivity contribution in [1.29, 1.82) is 0 Å². The first-order valence-corrected chi connectivity index (χ1v) is 10.5. The van der Waals surface area contributed by atoms with Gasteiger partial charge in [0, 0.05) is 71.5 Å². The zero-order valence-electron chi connectivity index (χ0n) is 17.5. The van der Waals surface area contributed by atoms with Crippen molar-refractivity contribution in [2.75, 3.05) is 6.54 Å². The minimum absolute atomic E-state index is 0.427. The molecular weight excluding hydrogens is 388 g/mol. The highest BCUT2D eigenvalue weighted by molar-refractivity contribution is 5.90. The molecular formula is C25H24N4O2. The van der Waals surface area contributed by atoms with Crippen LogP contribution >= 0.6 is 0 Å². The van der Waals surface area contributed by atoms with Crippen molar-refractivity contribution >= 4 is 17.0 Å². The van der Waals surface area contributed by atoms with Gasteiger partial charge in [-0.1, -0.05) is 18.2 Å². The molecule has 0 aliphatic carbocycles. The highest BCUT2D eigenvalue weighted by atomic mass is 16.4. The highest BCUT2D eigenvalue weighted by Gasteiger charge is 2.26. The van der Waals surface area contributed by atoms with Crippen molar-refractivity contribution in [2.45, 2.75) is 32.9 Å². The molecule has 0 fully saturated rings. The number of aryl methyl sites for hydroxylation is 3. The van der Waals surface area contributed by atoms with E-state index in [1.165, 1.54) is 16.2 Å². The molecule has 4 aromatic rings. The van der Waals surface area contributed by atoms with E-state index in [2.05, 4.69) is 38.8 Å². The molecule has 6 heteroatoms. The molecule has 1 aliphatic rings. The molecule has 0 spiro atoms. The molecule has 0 saturated carbocycles. The Bertz CT molecular complexity index is 1250. The summed E-state index contributed by atoms with van der Waals surface area (Å²) in [5, 5.41) is 10.7. The van der Waals surface area contributed by atoms with Crippen LogP contribution in [0, 0.1) is 6.92 Å². The predicted molar refractivity (Wildman–Crippen MR) is 120 cm³/mol. The van der Waals surface area contributed by atoms with Gasteiger partial charge in [-0.05, 0) is 48.7 Å². The third-order valence-electron chi connectivity index (χ3n) is 6.12. The number of carboxylic acid groups (broad SMARTS) is 1. The number of nitrogens with zero attached hydrogens (tertiary/aromatic N) is 4. The SMILES string of the molecule is Cc1ccc(CCn2c3c(c4cc(-c5cccnc5)ccc42)CN(C(=O)O)CC3)cn1. The second-order valence-electron chi connectivity index (χ2n) is 8.06. The van der Waals surface area contributed by atoms with Crippen LogP contribution in [0.3, 0.4) is 0 Å². The summed E-state index contributed by atoms with van der Waals surface area (Å²) in [5.74, 6) is 0. The Balaban J connectivity index is 1.58. The summed E-state index contributed by atoms with van der Waals surface area (Å²) in [4.78, 5) is 21.8. The van der Waals surface area contributed by atoms with Crippen LogP contribution < -0.4 is 0 Å². The number of hydrogen-bond acceptors (Lipinski definition) is 3. The molecule has 1 N–H and O–H groups in total. The summed E-state index contributed by atoms with van der Waals surface area (Å²) < 4.78 is 2.37. The first-order valence-electron chi connectivity index (χ1n) is 10.5. The van der Waals surface area contributed by atoms with E-state index in [9.17, 15) is 9.90 Å². The summed E-state index contributed by atoms with van der Waals surface area (Å²) in [6, 6.07) is 14.6. The zero-order chi connectivity index (χ0) is 21.4. The van der Waals surface area contributed by atoms with E-state index in [1.54, 1.807) is 6.20 Å². The van der Waals surface area contributed by atoms with Gasteiger partial charge in [-0.3, -0.25) is 9.97 Å². The lowest BCUT2D eigenvalue weighted by Gasteiger charge is -2.25. The maximum absolute atomic E-state index is 11.6. The predicted octanol–water partition coefficient (Wildman–Crippen LogP) is 4.69. The van der Waals surface area contributed by atoms with E-state index in [-0.39, 0.29) is 0 Å². The van der Waals surface area contributed by atoms with Gasteiger partial charge in [-0.25, -0.2) is 4.79 Å². The Labute approximate surface area is 180 Å². The van der Waals surface area contributed by atoms with E-state index < -0.39 is 6.09 Å². The van der Waals surface area contributed by atoms with Gasteiger partial charge in [0.15, 0.2) is 0 Å². The van der Waals surface area contributed by atoms with Crippen LogP contribution in [0.25, 0.3) is 22.0 Å². The largest absolute Gasteiger partial charge is 0.465 e. The first-order chi connectivity index (χ1) is 15.1. The number of benzene rings is 1. The zero-order valence-corrected chi connectivity index (χ0v) is 17.5. The van der Waals surface area contributed by atoms with Crippen LogP contribution in [-0.4, -0.2) is 37.2 Å². The molecule has 1 aliphatic heterocycles. The lowest BCUT2D eigenvalue weighted by atomic mass is 10.0. The standard InChI is InChI=1S/C25H24N4O2/c1-17-4-5-18(14-27-17)8-12-29-23-7-6-19(20-3-2-10-26-15-20)13-21(23)22-16-28(25(30)31)11-9-24(22)29/h2-7,10,13-15H,8-9,11-12,16H2,1H3,(H,30,31). The maximum Gasteiger partial charge on any atom is 0.407 e. The third-order valence-corrected chi connectivity index (χ3v) is 6.12. The van der Waals surface area contributed by atoms with Crippen LogP contribution in [0.4, 0.5) is 4.79 Å². The molecule has 1 amide bonds. The van der Waals surface area contributed by atoms with Crippen molar-refractivity contribution in [3.8, 4) is 11.1 Å². The minimum Gasteiger partial charge on any atom is -0.465 e. The molecule has 0 unspecified atom stereocenters. The van der Waals surface area contributed by atoms with Crippen molar-refractivity contribution in [1.82, 2.24) is 19.4 Å². The van der Waals surface area contributed by atoms with Gasteiger partial charge < -0.3 is 14.6 Å². The van der Waals surface area contributed by atoms with Crippen molar-refractivity contribution in [2.24, 2.45) is 0 Å². The van der Waals surface area contributed by atoms with E-state index >= 15 is 0 Å². The number of amides is 1. The summed E-state index contributed by atoms with van der Waals surface area (Å²) in [6.45, 7) is 3.79. The second-order valence-corrected chi connectivity index (χ2v) is 8.06. The Hall–Kier alpha value is -3.67. The summed E-state index contributed by atoms with van der Waals surface area (Å²) >= 11 is 0. The van der Waals surface area contributed by atoms with Gasteiger partial charge in [0.05, 0.1) is 6.54 Å². The van der Waals surface area contributed by atoms with Gasteiger partial charge in [-0.15, -0.1) is 0 Å². The van der Waals surface area contributed by atoms with E-state index in [4.69, 9.17) is 0 Å². The number of pyridine rings is 2. The summed E-state index contributed by atoms with van der Waals surface area (Å²) in [7, 11) is 0. The van der Waals surface area contributed by atoms with Crippen LogP contribution in [0.2, 0.25) is 0 Å². The Morgan fingerprint density at radius 3 is 2.77 bits per heavy atom. The van der Waals surface area contributed by atoms with Crippen molar-refractivity contribution in [3.63, 3.8) is 0 Å². The van der Waals surface area contributed by atoms with E-state index in [0.29, 0.717) is 13.1 Å². The van der Waals surface area contributed by atoms with Gasteiger partial charge in [0.25, 0.3) is 0 Å². The molecule has 0 saturated heterocycles. The Morgan fingerprint density at radius 1 is 1.13 bits per heavy atom. The fourth-order valence-electron chi connectivity index (χ4n) is 4.47. The molecule has 0 radical (unpaired) electrons. The van der Waals surface area contributed by atoms with Gasteiger partial charge in [0.1, 0.15) is 0 Å². The molecule has 156 valence electrons. The quantitative estimate of drug-likeness (QED) is 0.528. The maximum atomic E-state index is 11.6. The number of rotatable bonds is 4. The van der Waals surface area contributed by atoms with E-state index in [0.717, 1.165) is 52.7 Å². The summed E-state index contributed by atoms with van der Waals surface area (Å²) in [5.41, 5.74) is 7.90. The molecule has 31 heavy (non-hydrogen) atoms. The number of fused-ring (bicyclic) bond motifs is 3. The van der Waals surface area contributed by atoms with Crippen molar-refractivity contribution in [3.05, 3.63) is 83.6 Å². The van der Waals surface area contributed by atoms with Crippen molar-refractivity contribution < 1.29 is 9.90 Å². The minimum atomic E-state index is -0.860. The lowest BCUT2D eigenvalue weighted by molar-refractivity contribution is 0.139. The average Bonchev–Trinajstić information content (AvgIpc) is 3.11. The van der Waals surface area contributed by atoms with Crippen LogP contribution in [0.15, 0.2) is 61.1 Å². The highest BCUT2D eigenvalue weighted by Crippen LogP contribution is 2.34. The molecule has 0 bridgehead atoms. The fraction of sp³-hybridized carbons (Fsp3) is 0.240. The normalized spacial score (nSPS) is 13.4. The van der Waals surface area contributed by atoms with Crippen LogP contribution in [-0.2, 0) is 25.9 Å². The van der Waals surface area contributed by atoms with Gasteiger partial charge in [-0.2, -0.15) is 0 Å². The fourth-order valence-corrected chi connectivity index (χ4v) is 4.47. The number of hydrogen-bond donors (Lipinski definition) is 1. The lowest BCUT2D eigenvalue weighted by Crippen LogP contribution is -2.35. The summed E-state index contributed by atoms with van der Waals surface area (Å²) in [6.07, 6.45) is 6.32. The van der Waals surface area contributed by atoms with Crippen LogP contribution in [0.5, 0.6) is 0 Å². The molecule has 5 rings (SSSR count). The Morgan fingerprint density at radius 2 is 2.03 bits per heavy atom. The van der Waals surface area contributed by atoms with Gasteiger partial charge in [0.2, 0.25) is 0 Å².